The highest BCUT2D eigenvalue weighted by atomic mass is 16.6. The van der Waals surface area contributed by atoms with E-state index in [1.807, 2.05) is 0 Å². The van der Waals surface area contributed by atoms with Gasteiger partial charge < -0.3 is 14.2 Å². The summed E-state index contributed by atoms with van der Waals surface area (Å²) in [6.45, 7) is 6.68. The SMILES string of the molecule is CCCCCCC/C=C\CCCCCCCC(=O)OC(COC(=O)CCCCCCCCCCCCCC)COC(=O)CCCCCCCCCCCCCCCCCCCCCCCCC. The number of carbonyl (C=O) groups is 3. The lowest BCUT2D eigenvalue weighted by Crippen LogP contribution is -2.30. The van der Waals surface area contributed by atoms with Crippen molar-refractivity contribution in [1.29, 1.82) is 0 Å². The molecule has 0 saturated heterocycles. The van der Waals surface area contributed by atoms with Crippen molar-refractivity contribution in [3.63, 3.8) is 0 Å². The number of hydrogen-bond donors (Lipinski definition) is 0. The van der Waals surface area contributed by atoms with Gasteiger partial charge in [0.05, 0.1) is 0 Å². The molecule has 0 aromatic heterocycles. The van der Waals surface area contributed by atoms with Crippen LogP contribution in [0.3, 0.4) is 0 Å². The lowest BCUT2D eigenvalue weighted by Gasteiger charge is -2.18. The van der Waals surface area contributed by atoms with Gasteiger partial charge in [-0.05, 0) is 44.9 Å². The Labute approximate surface area is 418 Å². The first-order valence-electron chi connectivity index (χ1n) is 30.2. The quantitative estimate of drug-likeness (QED) is 0.0262. The van der Waals surface area contributed by atoms with Crippen LogP contribution in [-0.4, -0.2) is 37.2 Å². The second kappa shape index (κ2) is 56.7. The van der Waals surface area contributed by atoms with Crippen LogP contribution in [0.4, 0.5) is 0 Å². The highest BCUT2D eigenvalue weighted by molar-refractivity contribution is 5.71. The third-order valence-corrected chi connectivity index (χ3v) is 13.8. The van der Waals surface area contributed by atoms with E-state index in [4.69, 9.17) is 14.2 Å². The molecule has 1 atom stereocenters. The fraction of sp³-hybridized carbons (Fsp3) is 0.918. The number of esters is 3. The largest absolute Gasteiger partial charge is 0.462 e. The second-order valence-electron chi connectivity index (χ2n) is 20.6. The van der Waals surface area contributed by atoms with Crippen LogP contribution < -0.4 is 0 Å². The molecule has 0 saturated carbocycles. The number of rotatable bonds is 56. The zero-order chi connectivity index (χ0) is 48.6. The van der Waals surface area contributed by atoms with Gasteiger partial charge in [-0.2, -0.15) is 0 Å². The molecule has 396 valence electrons. The lowest BCUT2D eigenvalue weighted by molar-refractivity contribution is -0.167. The predicted octanol–water partition coefficient (Wildman–Crippen LogP) is 20.1. The standard InChI is InChI=1S/C61H116O6/c1-4-7-10-13-16-19-22-25-27-28-29-30-31-32-33-34-35-37-39-42-45-48-51-54-60(63)66-57-58(56-65-59(62)53-50-47-44-41-38-24-21-18-15-12-9-6-3)67-61(64)55-52-49-46-43-40-36-26-23-20-17-14-11-8-5-2/h23,26,58H,4-22,24-25,27-57H2,1-3H3/b26-23-. The van der Waals surface area contributed by atoms with E-state index in [-0.39, 0.29) is 31.1 Å². The first-order chi connectivity index (χ1) is 33.0. The van der Waals surface area contributed by atoms with Gasteiger partial charge in [-0.1, -0.05) is 290 Å². The third-order valence-electron chi connectivity index (χ3n) is 13.8. The lowest BCUT2D eigenvalue weighted by atomic mass is 10.0. The smallest absolute Gasteiger partial charge is 0.306 e. The van der Waals surface area contributed by atoms with Crippen molar-refractivity contribution < 1.29 is 28.6 Å². The molecule has 0 spiro atoms. The van der Waals surface area contributed by atoms with Gasteiger partial charge in [0.2, 0.25) is 0 Å². The van der Waals surface area contributed by atoms with Gasteiger partial charge in [-0.3, -0.25) is 14.4 Å². The Morgan fingerprint density at radius 3 is 0.746 bits per heavy atom. The summed E-state index contributed by atoms with van der Waals surface area (Å²) in [5, 5.41) is 0. The molecule has 0 aliphatic heterocycles. The first kappa shape index (κ1) is 65.1. The van der Waals surface area contributed by atoms with Crippen LogP contribution in [-0.2, 0) is 28.6 Å². The van der Waals surface area contributed by atoms with E-state index >= 15 is 0 Å². The molecule has 0 rings (SSSR count). The van der Waals surface area contributed by atoms with Gasteiger partial charge in [0.1, 0.15) is 13.2 Å². The van der Waals surface area contributed by atoms with Crippen molar-refractivity contribution in [1.82, 2.24) is 0 Å². The normalized spacial score (nSPS) is 12.0. The Morgan fingerprint density at radius 2 is 0.493 bits per heavy atom. The van der Waals surface area contributed by atoms with Crippen LogP contribution >= 0.6 is 0 Å². The Bertz CT molecular complexity index is 1040. The summed E-state index contributed by atoms with van der Waals surface area (Å²) >= 11 is 0. The van der Waals surface area contributed by atoms with Gasteiger partial charge >= 0.3 is 17.9 Å². The average Bonchev–Trinajstić information content (AvgIpc) is 3.33. The van der Waals surface area contributed by atoms with Crippen LogP contribution in [0.2, 0.25) is 0 Å². The van der Waals surface area contributed by atoms with Gasteiger partial charge in [-0.15, -0.1) is 0 Å². The molecule has 0 bridgehead atoms. The van der Waals surface area contributed by atoms with Crippen LogP contribution in [0.25, 0.3) is 0 Å². The Morgan fingerprint density at radius 1 is 0.284 bits per heavy atom. The highest BCUT2D eigenvalue weighted by Crippen LogP contribution is 2.18. The predicted molar refractivity (Wildman–Crippen MR) is 289 cm³/mol. The molecular formula is C61H116O6. The molecule has 0 radical (unpaired) electrons. The average molecular weight is 946 g/mol. The zero-order valence-corrected chi connectivity index (χ0v) is 45.5. The van der Waals surface area contributed by atoms with Crippen molar-refractivity contribution >= 4 is 17.9 Å². The van der Waals surface area contributed by atoms with Crippen molar-refractivity contribution in [2.24, 2.45) is 0 Å². The van der Waals surface area contributed by atoms with Crippen molar-refractivity contribution in [3.05, 3.63) is 12.2 Å². The molecule has 6 heteroatoms. The van der Waals surface area contributed by atoms with E-state index in [1.165, 1.54) is 238 Å². The van der Waals surface area contributed by atoms with Gasteiger partial charge in [0, 0.05) is 19.3 Å². The molecular weight excluding hydrogens is 829 g/mol. The minimum atomic E-state index is -0.768. The molecule has 0 aromatic carbocycles. The maximum absolute atomic E-state index is 12.8. The maximum Gasteiger partial charge on any atom is 0.306 e. The number of carbonyl (C=O) groups excluding carboxylic acids is 3. The second-order valence-corrected chi connectivity index (χ2v) is 20.6. The summed E-state index contributed by atoms with van der Waals surface area (Å²) in [5.41, 5.74) is 0. The number of allylic oxidation sites excluding steroid dienone is 2. The Hall–Kier alpha value is -1.85. The van der Waals surface area contributed by atoms with E-state index in [1.54, 1.807) is 0 Å². The third kappa shape index (κ3) is 55.0. The number of hydrogen-bond acceptors (Lipinski definition) is 6. The van der Waals surface area contributed by atoms with Crippen molar-refractivity contribution in [3.8, 4) is 0 Å². The Balaban J connectivity index is 4.21. The molecule has 0 fully saturated rings. The topological polar surface area (TPSA) is 78.9 Å². The minimum Gasteiger partial charge on any atom is -0.462 e. The van der Waals surface area contributed by atoms with Crippen molar-refractivity contribution in [2.75, 3.05) is 13.2 Å². The summed E-state index contributed by atoms with van der Waals surface area (Å²) < 4.78 is 16.9. The first-order valence-corrected chi connectivity index (χ1v) is 30.2. The monoisotopic (exact) mass is 945 g/mol. The molecule has 0 amide bonds. The summed E-state index contributed by atoms with van der Waals surface area (Å²) in [7, 11) is 0. The molecule has 67 heavy (non-hydrogen) atoms. The van der Waals surface area contributed by atoms with Crippen LogP contribution in [0.15, 0.2) is 12.2 Å². The van der Waals surface area contributed by atoms with E-state index < -0.39 is 6.10 Å². The van der Waals surface area contributed by atoms with Crippen LogP contribution in [0.5, 0.6) is 0 Å². The summed E-state index contributed by atoms with van der Waals surface area (Å²) in [6, 6.07) is 0. The minimum absolute atomic E-state index is 0.0674. The maximum atomic E-state index is 12.8. The fourth-order valence-electron chi connectivity index (χ4n) is 9.21. The number of ether oxygens (including phenoxy) is 3. The molecule has 1 unspecified atom stereocenters. The van der Waals surface area contributed by atoms with Crippen molar-refractivity contribution in [2.45, 2.75) is 348 Å². The molecule has 0 aromatic rings. The number of unbranched alkanes of at least 4 members (excludes halogenated alkanes) is 43. The molecule has 0 heterocycles. The van der Waals surface area contributed by atoms with E-state index in [0.717, 1.165) is 64.2 Å². The van der Waals surface area contributed by atoms with Gasteiger partial charge in [-0.25, -0.2) is 0 Å². The molecule has 0 N–H and O–H groups in total. The summed E-state index contributed by atoms with van der Waals surface area (Å²) in [4.78, 5) is 38.1. The van der Waals surface area contributed by atoms with Gasteiger partial charge in [0.25, 0.3) is 0 Å². The van der Waals surface area contributed by atoms with Crippen LogP contribution in [0.1, 0.15) is 342 Å². The fourth-order valence-corrected chi connectivity index (χ4v) is 9.21. The molecule has 6 nitrogen and oxygen atoms in total. The zero-order valence-electron chi connectivity index (χ0n) is 45.5. The van der Waals surface area contributed by atoms with E-state index in [9.17, 15) is 14.4 Å². The molecule has 0 aliphatic rings. The van der Waals surface area contributed by atoms with Gasteiger partial charge in [0.15, 0.2) is 6.10 Å². The molecule has 0 aliphatic carbocycles. The summed E-state index contributed by atoms with van der Waals surface area (Å²) in [6.07, 6.45) is 65.0. The van der Waals surface area contributed by atoms with E-state index in [2.05, 4.69) is 32.9 Å². The van der Waals surface area contributed by atoms with Crippen LogP contribution in [0, 0.1) is 0 Å². The summed E-state index contributed by atoms with van der Waals surface area (Å²) in [5.74, 6) is -0.852. The Kier molecular flexibility index (Phi) is 55.2. The van der Waals surface area contributed by atoms with E-state index in [0.29, 0.717) is 19.3 Å². The highest BCUT2D eigenvalue weighted by Gasteiger charge is 2.19.